The second-order valence-corrected chi connectivity index (χ2v) is 5.95. The zero-order valence-electron chi connectivity index (χ0n) is 13.6. The minimum atomic E-state index is -1.45. The predicted molar refractivity (Wildman–Crippen MR) is 75.0 cm³/mol. The third kappa shape index (κ3) is 3.74. The standard InChI is InChI=1S/C12H15N5O6S.Na/c1-22-8-9(19)17-7(11(20)21)6(4-23-10(8)17)5-24-12-13-14-15-16(12)2-3-18;/h8,10,18H,2-5H2,1H3,(H,20,21);/q;+1/p-1. The van der Waals surface area contributed by atoms with Gasteiger partial charge >= 0.3 is 29.6 Å². The van der Waals surface area contributed by atoms with Crippen molar-refractivity contribution in [3.8, 4) is 0 Å². The number of methoxy groups -OCH3 is 1. The van der Waals surface area contributed by atoms with E-state index in [-0.39, 0.29) is 60.8 Å². The number of carboxylic acids is 1. The number of β-lactam (4-membered cyclic amide) rings is 1. The molecule has 0 bridgehead atoms. The first-order valence-corrected chi connectivity index (χ1v) is 7.97. The van der Waals surface area contributed by atoms with Crippen molar-refractivity contribution in [2.24, 2.45) is 0 Å². The molecule has 1 N–H and O–H groups in total. The molecule has 1 saturated heterocycles. The Kier molecular flexibility index (Phi) is 6.96. The van der Waals surface area contributed by atoms with Crippen molar-refractivity contribution in [2.75, 3.05) is 26.1 Å². The second kappa shape index (κ2) is 8.58. The van der Waals surface area contributed by atoms with Gasteiger partial charge < -0.3 is 24.5 Å². The van der Waals surface area contributed by atoms with E-state index in [9.17, 15) is 14.7 Å². The van der Waals surface area contributed by atoms with Gasteiger partial charge in [-0.3, -0.25) is 9.69 Å². The van der Waals surface area contributed by atoms with E-state index < -0.39 is 24.2 Å². The molecule has 0 saturated carbocycles. The first-order chi connectivity index (χ1) is 11.6. The van der Waals surface area contributed by atoms with E-state index >= 15 is 0 Å². The quantitative estimate of drug-likeness (QED) is 0.276. The molecule has 3 rings (SSSR count). The number of tetrazole rings is 1. The van der Waals surface area contributed by atoms with Gasteiger partial charge in [0, 0.05) is 12.9 Å². The summed E-state index contributed by atoms with van der Waals surface area (Å²) in [6.07, 6.45) is -1.55. The molecule has 2 aliphatic heterocycles. The van der Waals surface area contributed by atoms with E-state index in [1.165, 1.54) is 23.6 Å². The number of aliphatic hydroxyl groups is 1. The fraction of sp³-hybridized carbons (Fsp3) is 0.583. The van der Waals surface area contributed by atoms with Crippen LogP contribution < -0.4 is 34.7 Å². The molecule has 1 aromatic rings. The monoisotopic (exact) mass is 379 g/mol. The van der Waals surface area contributed by atoms with E-state index in [1.807, 2.05) is 0 Å². The summed E-state index contributed by atoms with van der Waals surface area (Å²) in [5.74, 6) is -1.73. The average Bonchev–Trinajstić information content (AvgIpc) is 3.00. The summed E-state index contributed by atoms with van der Waals surface area (Å²) in [4.78, 5) is 24.5. The van der Waals surface area contributed by atoms with Crippen LogP contribution in [0.4, 0.5) is 0 Å². The minimum Gasteiger partial charge on any atom is -0.543 e. The normalized spacial score (nSPS) is 22.3. The van der Waals surface area contributed by atoms with E-state index in [4.69, 9.17) is 14.6 Å². The van der Waals surface area contributed by atoms with Crippen LogP contribution in [-0.4, -0.2) is 80.5 Å². The van der Waals surface area contributed by atoms with Gasteiger partial charge in [-0.15, -0.1) is 5.10 Å². The SMILES string of the molecule is COC1C(=O)N2C(C(=O)[O-])=C(CSc3nnnn3CCO)COC12.[Na+]. The van der Waals surface area contributed by atoms with Gasteiger partial charge in [-0.2, -0.15) is 0 Å². The van der Waals surface area contributed by atoms with Crippen molar-refractivity contribution in [1.82, 2.24) is 25.1 Å². The van der Waals surface area contributed by atoms with E-state index in [0.717, 1.165) is 4.90 Å². The van der Waals surface area contributed by atoms with E-state index in [2.05, 4.69) is 15.5 Å². The number of ether oxygens (including phenoxy) is 2. The van der Waals surface area contributed by atoms with Crippen LogP contribution in [0.3, 0.4) is 0 Å². The molecule has 1 fully saturated rings. The summed E-state index contributed by atoms with van der Waals surface area (Å²) in [6, 6.07) is 0. The Hall–Kier alpha value is -1.02. The molecule has 1 amide bonds. The Morgan fingerprint density at radius 2 is 2.32 bits per heavy atom. The molecule has 130 valence electrons. The summed E-state index contributed by atoms with van der Waals surface area (Å²) in [5.41, 5.74) is 0.191. The number of aliphatic carboxylic acids is 1. The molecule has 2 atom stereocenters. The Labute approximate surface area is 168 Å². The third-order valence-corrected chi connectivity index (χ3v) is 4.68. The van der Waals surface area contributed by atoms with Crippen LogP contribution in [0.15, 0.2) is 16.4 Å². The maximum absolute atomic E-state index is 12.0. The van der Waals surface area contributed by atoms with Crippen LogP contribution >= 0.6 is 11.8 Å². The van der Waals surface area contributed by atoms with Crippen LogP contribution in [-0.2, 0) is 25.6 Å². The third-order valence-electron chi connectivity index (χ3n) is 3.63. The van der Waals surface area contributed by atoms with Crippen molar-refractivity contribution >= 4 is 23.6 Å². The van der Waals surface area contributed by atoms with Gasteiger partial charge in [0.1, 0.15) is 0 Å². The molecule has 1 aromatic heterocycles. The molecule has 3 heterocycles. The number of aliphatic hydroxyl groups excluding tert-OH is 1. The number of amides is 1. The average molecular weight is 379 g/mol. The molecule has 0 radical (unpaired) electrons. The topological polar surface area (TPSA) is 143 Å². The molecular formula is C12H14N5NaO6S. The van der Waals surface area contributed by atoms with Crippen molar-refractivity contribution < 1.29 is 58.8 Å². The zero-order chi connectivity index (χ0) is 17.3. The van der Waals surface area contributed by atoms with Gasteiger partial charge in [0.2, 0.25) is 5.16 Å². The van der Waals surface area contributed by atoms with Gasteiger partial charge in [-0.1, -0.05) is 11.8 Å². The van der Waals surface area contributed by atoms with E-state index in [1.54, 1.807) is 0 Å². The molecular weight excluding hydrogens is 365 g/mol. The number of carbonyl (C=O) groups excluding carboxylic acids is 2. The molecule has 0 aliphatic carbocycles. The number of carboxylic acid groups (broad SMARTS) is 1. The van der Waals surface area contributed by atoms with Crippen molar-refractivity contribution in [2.45, 2.75) is 24.0 Å². The Balaban J connectivity index is 0.00000225. The fourth-order valence-electron chi connectivity index (χ4n) is 2.52. The Morgan fingerprint density at radius 3 is 2.96 bits per heavy atom. The number of aromatic nitrogens is 4. The van der Waals surface area contributed by atoms with Crippen LogP contribution in [0.1, 0.15) is 0 Å². The zero-order valence-corrected chi connectivity index (χ0v) is 16.4. The van der Waals surface area contributed by atoms with Crippen molar-refractivity contribution in [3.63, 3.8) is 0 Å². The number of fused-ring (bicyclic) bond motifs is 1. The number of hydrogen-bond donors (Lipinski definition) is 1. The van der Waals surface area contributed by atoms with Crippen LogP contribution in [0.2, 0.25) is 0 Å². The maximum Gasteiger partial charge on any atom is 1.00 e. The molecule has 0 spiro atoms. The largest absolute Gasteiger partial charge is 1.00 e. The maximum atomic E-state index is 12.0. The second-order valence-electron chi connectivity index (χ2n) is 5.00. The van der Waals surface area contributed by atoms with Crippen LogP contribution in [0.5, 0.6) is 0 Å². The van der Waals surface area contributed by atoms with Crippen LogP contribution in [0.25, 0.3) is 0 Å². The van der Waals surface area contributed by atoms with Gasteiger partial charge in [0.25, 0.3) is 5.91 Å². The minimum absolute atomic E-state index is 0. The summed E-state index contributed by atoms with van der Waals surface area (Å²) in [5, 5.41) is 31.9. The van der Waals surface area contributed by atoms with Gasteiger partial charge in [-0.05, 0) is 16.0 Å². The fourth-order valence-corrected chi connectivity index (χ4v) is 3.41. The van der Waals surface area contributed by atoms with Crippen molar-refractivity contribution in [1.29, 1.82) is 0 Å². The molecule has 0 aromatic carbocycles. The molecule has 13 heteroatoms. The number of thioether (sulfide) groups is 1. The Bertz CT molecular complexity index is 697. The number of nitrogens with zero attached hydrogens (tertiary/aromatic N) is 5. The smallest absolute Gasteiger partial charge is 0.543 e. The molecule has 2 aliphatic rings. The van der Waals surface area contributed by atoms with Crippen LogP contribution in [0, 0.1) is 0 Å². The van der Waals surface area contributed by atoms with Gasteiger partial charge in [0.15, 0.2) is 12.3 Å². The Morgan fingerprint density at radius 1 is 1.56 bits per heavy atom. The number of carbonyl (C=O) groups is 2. The predicted octanol–water partition coefficient (Wildman–Crippen LogP) is -6.02. The molecule has 25 heavy (non-hydrogen) atoms. The van der Waals surface area contributed by atoms with Gasteiger partial charge in [-0.25, -0.2) is 4.68 Å². The summed E-state index contributed by atoms with van der Waals surface area (Å²) < 4.78 is 11.9. The first kappa shape index (κ1) is 20.3. The molecule has 2 unspecified atom stereocenters. The van der Waals surface area contributed by atoms with E-state index in [0.29, 0.717) is 10.7 Å². The summed E-state index contributed by atoms with van der Waals surface area (Å²) >= 11 is 1.17. The van der Waals surface area contributed by atoms with Crippen molar-refractivity contribution in [3.05, 3.63) is 11.3 Å². The summed E-state index contributed by atoms with van der Waals surface area (Å²) in [7, 11) is 1.36. The van der Waals surface area contributed by atoms with Gasteiger partial charge in [0.05, 0.1) is 31.4 Å². The number of hydrogen-bond acceptors (Lipinski definition) is 10. The number of rotatable bonds is 7. The molecule has 11 nitrogen and oxygen atoms in total. The first-order valence-electron chi connectivity index (χ1n) is 6.99. The summed E-state index contributed by atoms with van der Waals surface area (Å²) in [6.45, 7) is 0.129.